The Bertz CT molecular complexity index is 1050. The largest absolute Gasteiger partial charge is 0.352 e. The molecule has 0 amide bonds. The number of nitrogens with one attached hydrogen (secondary N) is 2. The van der Waals surface area contributed by atoms with Crippen LogP contribution in [0.1, 0.15) is 11.4 Å². The molecule has 4 rings (SSSR count). The van der Waals surface area contributed by atoms with E-state index in [-0.39, 0.29) is 24.0 Å². The third-order valence-electron chi connectivity index (χ3n) is 4.24. The Labute approximate surface area is 179 Å². The number of aliphatic imine (C=N–C) groups is 1. The number of hydrogen-bond donors (Lipinski definition) is 2. The summed E-state index contributed by atoms with van der Waals surface area (Å²) < 4.78 is 3.95. The minimum Gasteiger partial charge on any atom is -0.352 e. The number of para-hydroxylation sites is 1. The maximum atomic E-state index is 4.29. The molecule has 4 aromatic rings. The van der Waals surface area contributed by atoms with E-state index in [1.807, 2.05) is 51.7 Å². The van der Waals surface area contributed by atoms with Gasteiger partial charge in [-0.1, -0.05) is 24.3 Å². The molecule has 3 aromatic heterocycles. The van der Waals surface area contributed by atoms with Gasteiger partial charge >= 0.3 is 0 Å². The van der Waals surface area contributed by atoms with E-state index in [1.54, 1.807) is 19.6 Å². The lowest BCUT2D eigenvalue weighted by Gasteiger charge is -2.14. The quantitative estimate of drug-likeness (QED) is 0.256. The van der Waals surface area contributed by atoms with E-state index < -0.39 is 0 Å². The highest BCUT2D eigenvalue weighted by atomic mass is 127. The second-order valence-corrected chi connectivity index (χ2v) is 5.92. The molecule has 0 radical (unpaired) electrons. The van der Waals surface area contributed by atoms with Crippen molar-refractivity contribution < 1.29 is 0 Å². The van der Waals surface area contributed by atoms with Crippen molar-refractivity contribution in [1.82, 2.24) is 34.8 Å². The van der Waals surface area contributed by atoms with Crippen LogP contribution in [0.3, 0.4) is 0 Å². The van der Waals surface area contributed by atoms with Crippen molar-refractivity contribution in [3.05, 3.63) is 78.8 Å². The summed E-state index contributed by atoms with van der Waals surface area (Å²) in [7, 11) is 1.75. The fraction of sp³-hybridized carbons (Fsp3) is 0.158. The van der Waals surface area contributed by atoms with Crippen LogP contribution in [0.15, 0.2) is 72.4 Å². The highest BCUT2D eigenvalue weighted by molar-refractivity contribution is 14.0. The summed E-state index contributed by atoms with van der Waals surface area (Å²) in [6.07, 6.45) is 7.45. The van der Waals surface area contributed by atoms with Crippen LogP contribution in [0.4, 0.5) is 0 Å². The van der Waals surface area contributed by atoms with Crippen LogP contribution < -0.4 is 10.6 Å². The van der Waals surface area contributed by atoms with Gasteiger partial charge in [0, 0.05) is 32.2 Å². The SMILES string of the molecule is CN=C(NCc1ccccc1-n1ccnc1)NCc1nnc2ccccn12.I. The van der Waals surface area contributed by atoms with Crippen LogP contribution in [0.2, 0.25) is 0 Å². The molecule has 0 fully saturated rings. The average Bonchev–Trinajstić information content (AvgIpc) is 3.39. The third kappa shape index (κ3) is 4.30. The van der Waals surface area contributed by atoms with E-state index >= 15 is 0 Å². The number of pyridine rings is 1. The second-order valence-electron chi connectivity index (χ2n) is 5.92. The Hall–Kier alpha value is -2.95. The van der Waals surface area contributed by atoms with Gasteiger partial charge in [0.1, 0.15) is 0 Å². The minimum absolute atomic E-state index is 0. The van der Waals surface area contributed by atoms with Crippen molar-refractivity contribution >= 4 is 35.6 Å². The molecule has 0 aliphatic rings. The summed E-state index contributed by atoms with van der Waals surface area (Å²) >= 11 is 0. The van der Waals surface area contributed by atoms with Gasteiger partial charge in [-0.25, -0.2) is 4.98 Å². The van der Waals surface area contributed by atoms with Gasteiger partial charge in [0.25, 0.3) is 0 Å². The number of guanidine groups is 1. The summed E-state index contributed by atoms with van der Waals surface area (Å²) in [4.78, 5) is 8.42. The van der Waals surface area contributed by atoms with Crippen LogP contribution in [-0.4, -0.2) is 37.2 Å². The first kappa shape index (κ1) is 19.8. The summed E-state index contributed by atoms with van der Waals surface area (Å²) in [5.74, 6) is 1.52. The average molecular weight is 488 g/mol. The van der Waals surface area contributed by atoms with Crippen molar-refractivity contribution in [3.8, 4) is 5.69 Å². The second kappa shape index (κ2) is 9.31. The standard InChI is InChI=1S/C19H20N8.HI/c1-20-19(23-13-18-25-24-17-8-4-5-10-27(17)18)22-12-15-6-2-3-7-16(15)26-11-9-21-14-26;/h2-11,14H,12-13H2,1H3,(H2,20,22,23);1H. The number of halogens is 1. The fourth-order valence-corrected chi connectivity index (χ4v) is 2.89. The maximum Gasteiger partial charge on any atom is 0.191 e. The van der Waals surface area contributed by atoms with Crippen LogP contribution in [-0.2, 0) is 13.1 Å². The normalized spacial score (nSPS) is 11.2. The molecule has 144 valence electrons. The Morgan fingerprint density at radius 3 is 2.64 bits per heavy atom. The van der Waals surface area contributed by atoms with E-state index in [0.717, 1.165) is 22.7 Å². The van der Waals surface area contributed by atoms with Gasteiger partial charge < -0.3 is 15.2 Å². The van der Waals surface area contributed by atoms with E-state index in [2.05, 4.69) is 42.9 Å². The first-order valence-corrected chi connectivity index (χ1v) is 8.64. The lowest BCUT2D eigenvalue weighted by Crippen LogP contribution is -2.37. The van der Waals surface area contributed by atoms with Gasteiger partial charge in [-0.3, -0.25) is 9.39 Å². The Morgan fingerprint density at radius 2 is 1.82 bits per heavy atom. The molecule has 0 aliphatic heterocycles. The summed E-state index contributed by atoms with van der Waals surface area (Å²) in [6.45, 7) is 1.16. The minimum atomic E-state index is 0. The first-order valence-electron chi connectivity index (χ1n) is 8.64. The van der Waals surface area contributed by atoms with Crippen LogP contribution in [0, 0.1) is 0 Å². The molecule has 9 heteroatoms. The molecule has 0 aliphatic carbocycles. The van der Waals surface area contributed by atoms with Gasteiger partial charge in [-0.15, -0.1) is 34.2 Å². The van der Waals surface area contributed by atoms with Crippen LogP contribution >= 0.6 is 24.0 Å². The highest BCUT2D eigenvalue weighted by Crippen LogP contribution is 2.13. The zero-order valence-electron chi connectivity index (χ0n) is 15.4. The van der Waals surface area contributed by atoms with Crippen LogP contribution in [0.5, 0.6) is 0 Å². The molecule has 0 spiro atoms. The van der Waals surface area contributed by atoms with Crippen molar-refractivity contribution in [3.63, 3.8) is 0 Å². The first-order chi connectivity index (χ1) is 13.3. The molecular weight excluding hydrogens is 467 g/mol. The summed E-state index contributed by atoms with van der Waals surface area (Å²) in [6, 6.07) is 14.0. The van der Waals surface area contributed by atoms with Crippen molar-refractivity contribution in [2.45, 2.75) is 13.1 Å². The molecule has 0 unspecified atom stereocenters. The zero-order valence-corrected chi connectivity index (χ0v) is 17.7. The number of rotatable bonds is 5. The molecule has 0 bridgehead atoms. The topological polar surface area (TPSA) is 84.4 Å². The maximum absolute atomic E-state index is 4.29. The lowest BCUT2D eigenvalue weighted by molar-refractivity contribution is 0.761. The van der Waals surface area contributed by atoms with E-state index in [0.29, 0.717) is 19.0 Å². The van der Waals surface area contributed by atoms with E-state index in [1.165, 1.54) is 0 Å². The van der Waals surface area contributed by atoms with Gasteiger partial charge in [-0.05, 0) is 23.8 Å². The number of hydrogen-bond acceptors (Lipinski definition) is 4. The van der Waals surface area contributed by atoms with E-state index in [9.17, 15) is 0 Å². The molecule has 8 nitrogen and oxygen atoms in total. The number of fused-ring (bicyclic) bond motifs is 1. The molecule has 1 aromatic carbocycles. The van der Waals surface area contributed by atoms with E-state index in [4.69, 9.17) is 0 Å². The monoisotopic (exact) mass is 488 g/mol. The molecule has 0 saturated carbocycles. The van der Waals surface area contributed by atoms with Gasteiger partial charge in [0.05, 0.1) is 18.6 Å². The van der Waals surface area contributed by atoms with Gasteiger partial charge in [-0.2, -0.15) is 0 Å². The molecule has 3 heterocycles. The highest BCUT2D eigenvalue weighted by Gasteiger charge is 2.07. The molecular formula is C19H21IN8. The molecule has 0 atom stereocenters. The molecule has 0 saturated heterocycles. The van der Waals surface area contributed by atoms with Gasteiger partial charge in [0.15, 0.2) is 17.4 Å². The molecule has 2 N–H and O–H groups in total. The number of aromatic nitrogens is 5. The van der Waals surface area contributed by atoms with Crippen molar-refractivity contribution in [2.75, 3.05) is 7.05 Å². The Kier molecular flexibility index (Phi) is 6.58. The van der Waals surface area contributed by atoms with Gasteiger partial charge in [0.2, 0.25) is 0 Å². The van der Waals surface area contributed by atoms with Crippen molar-refractivity contribution in [1.29, 1.82) is 0 Å². The number of benzene rings is 1. The lowest BCUT2D eigenvalue weighted by atomic mass is 10.1. The summed E-state index contributed by atoms with van der Waals surface area (Å²) in [5, 5.41) is 15.0. The molecule has 28 heavy (non-hydrogen) atoms. The van der Waals surface area contributed by atoms with Crippen molar-refractivity contribution in [2.24, 2.45) is 4.99 Å². The third-order valence-corrected chi connectivity index (χ3v) is 4.24. The van der Waals surface area contributed by atoms with Crippen LogP contribution in [0.25, 0.3) is 11.3 Å². The zero-order chi connectivity index (χ0) is 18.5. The predicted molar refractivity (Wildman–Crippen MR) is 119 cm³/mol. The Balaban J connectivity index is 0.00000225. The fourth-order valence-electron chi connectivity index (χ4n) is 2.89. The number of nitrogens with zero attached hydrogens (tertiary/aromatic N) is 6. The predicted octanol–water partition coefficient (Wildman–Crippen LogP) is 2.40. The Morgan fingerprint density at radius 1 is 1.00 bits per heavy atom. The summed E-state index contributed by atoms with van der Waals surface area (Å²) in [5.41, 5.74) is 3.05. The smallest absolute Gasteiger partial charge is 0.191 e. The number of imidazole rings is 1.